The molecule has 0 atom stereocenters. The third-order valence-electron chi connectivity index (χ3n) is 3.61. The van der Waals surface area contributed by atoms with E-state index >= 15 is 0 Å². The first-order valence-electron chi connectivity index (χ1n) is 8.20. The Labute approximate surface area is 190 Å². The highest BCUT2D eigenvalue weighted by Crippen LogP contribution is 2.17. The smallest absolute Gasteiger partial charge is 0.250 e. The minimum Gasteiger partial charge on any atom is -0.355 e. The molecule has 3 N–H and O–H groups in total. The van der Waals surface area contributed by atoms with Gasteiger partial charge in [-0.3, -0.25) is 4.99 Å². The number of hydrogen-bond donors (Lipinski definition) is 3. The van der Waals surface area contributed by atoms with Crippen LogP contribution in [0.15, 0.2) is 44.9 Å². The Morgan fingerprint density at radius 2 is 2.00 bits per heavy atom. The van der Waals surface area contributed by atoms with Crippen LogP contribution < -0.4 is 15.4 Å². The average Bonchev–Trinajstić information content (AvgIpc) is 3.18. The topological polar surface area (TPSA) is 82.6 Å². The van der Waals surface area contributed by atoms with Crippen molar-refractivity contribution in [1.82, 2.24) is 15.4 Å². The van der Waals surface area contributed by atoms with Gasteiger partial charge in [-0.05, 0) is 41.0 Å². The van der Waals surface area contributed by atoms with E-state index in [1.807, 2.05) is 6.26 Å². The van der Waals surface area contributed by atoms with E-state index in [0.29, 0.717) is 23.3 Å². The number of thioether (sulfide) groups is 1. The third kappa shape index (κ3) is 7.85. The summed E-state index contributed by atoms with van der Waals surface area (Å²) in [6, 6.07) is 8.01. The molecule has 0 aliphatic rings. The molecule has 0 aliphatic carbocycles. The molecule has 0 saturated carbocycles. The van der Waals surface area contributed by atoms with Gasteiger partial charge in [-0.15, -0.1) is 35.3 Å². The van der Waals surface area contributed by atoms with Crippen LogP contribution in [0.3, 0.4) is 0 Å². The van der Waals surface area contributed by atoms with E-state index in [-0.39, 0.29) is 36.3 Å². The molecule has 1 heterocycles. The van der Waals surface area contributed by atoms with Crippen molar-refractivity contribution in [2.24, 2.45) is 4.99 Å². The number of rotatable bonds is 9. The van der Waals surface area contributed by atoms with Crippen LogP contribution >= 0.6 is 47.1 Å². The number of benzene rings is 1. The van der Waals surface area contributed by atoms with E-state index < -0.39 is 10.0 Å². The van der Waals surface area contributed by atoms with Crippen molar-refractivity contribution in [1.29, 1.82) is 0 Å². The van der Waals surface area contributed by atoms with Gasteiger partial charge in [0, 0.05) is 32.4 Å². The minimum atomic E-state index is -3.46. The molecule has 1 aromatic carbocycles. The molecule has 0 aliphatic heterocycles. The number of aliphatic imine (C=N–C) groups is 1. The Morgan fingerprint density at radius 1 is 1.21 bits per heavy atom. The summed E-state index contributed by atoms with van der Waals surface area (Å²) in [4.78, 5) is 4.12. The van der Waals surface area contributed by atoms with Crippen molar-refractivity contribution in [3.63, 3.8) is 0 Å². The number of thiophene rings is 1. The van der Waals surface area contributed by atoms with Crippen LogP contribution in [0, 0.1) is 5.82 Å². The van der Waals surface area contributed by atoms with Gasteiger partial charge >= 0.3 is 0 Å². The van der Waals surface area contributed by atoms with Crippen LogP contribution in [-0.2, 0) is 22.3 Å². The highest BCUT2D eigenvalue weighted by Gasteiger charge is 2.13. The SMILES string of the molecule is CN=C(NCCNS(=O)(=O)c1cccs1)NCc1ccc(F)cc1CSC.I. The fourth-order valence-electron chi connectivity index (χ4n) is 2.31. The lowest BCUT2D eigenvalue weighted by molar-refractivity contribution is 0.582. The molecule has 2 rings (SSSR count). The van der Waals surface area contributed by atoms with Crippen molar-refractivity contribution in [3.05, 3.63) is 52.7 Å². The summed E-state index contributed by atoms with van der Waals surface area (Å²) in [7, 11) is -1.82. The Kier molecular flexibility index (Phi) is 11.3. The van der Waals surface area contributed by atoms with Gasteiger partial charge in [0.15, 0.2) is 5.96 Å². The second kappa shape index (κ2) is 12.6. The van der Waals surface area contributed by atoms with E-state index in [4.69, 9.17) is 0 Å². The van der Waals surface area contributed by atoms with E-state index in [1.54, 1.807) is 48.5 Å². The zero-order valence-corrected chi connectivity index (χ0v) is 20.3. The van der Waals surface area contributed by atoms with Gasteiger partial charge in [-0.1, -0.05) is 12.1 Å². The first-order chi connectivity index (χ1) is 13.0. The first kappa shape index (κ1) is 25.1. The lowest BCUT2D eigenvalue weighted by Gasteiger charge is -2.14. The molecule has 28 heavy (non-hydrogen) atoms. The predicted octanol–water partition coefficient (Wildman–Crippen LogP) is 3.01. The molecule has 0 amide bonds. The number of nitrogens with zero attached hydrogens (tertiary/aromatic N) is 1. The number of sulfonamides is 1. The molecule has 0 fully saturated rings. The number of halogens is 2. The molecule has 11 heteroatoms. The van der Waals surface area contributed by atoms with Crippen molar-refractivity contribution in [2.75, 3.05) is 26.4 Å². The predicted molar refractivity (Wildman–Crippen MR) is 127 cm³/mol. The van der Waals surface area contributed by atoms with Gasteiger partial charge in [0.1, 0.15) is 10.0 Å². The Balaban J connectivity index is 0.00000392. The maximum Gasteiger partial charge on any atom is 0.250 e. The molecule has 0 saturated heterocycles. The molecule has 0 spiro atoms. The number of nitrogens with one attached hydrogen (secondary N) is 3. The van der Waals surface area contributed by atoms with E-state index in [9.17, 15) is 12.8 Å². The summed E-state index contributed by atoms with van der Waals surface area (Å²) >= 11 is 2.81. The molecule has 6 nitrogen and oxygen atoms in total. The Morgan fingerprint density at radius 3 is 2.64 bits per heavy atom. The second-order valence-electron chi connectivity index (χ2n) is 5.53. The van der Waals surface area contributed by atoms with Crippen molar-refractivity contribution in [2.45, 2.75) is 16.5 Å². The largest absolute Gasteiger partial charge is 0.355 e. The molecule has 0 bridgehead atoms. The van der Waals surface area contributed by atoms with Crippen LogP contribution in [0.5, 0.6) is 0 Å². The van der Waals surface area contributed by atoms with Crippen molar-refractivity contribution < 1.29 is 12.8 Å². The normalized spacial score (nSPS) is 11.8. The van der Waals surface area contributed by atoms with Gasteiger partial charge < -0.3 is 10.6 Å². The lowest BCUT2D eigenvalue weighted by Crippen LogP contribution is -2.41. The number of guanidine groups is 1. The standard InChI is InChI=1S/C17H23FN4O2S3.HI/c1-19-17(20-7-8-22-27(23,24)16-4-3-9-26-16)21-11-13-5-6-15(18)10-14(13)12-25-2;/h3-6,9-10,22H,7-8,11-12H2,1-2H3,(H2,19,20,21);1H. The van der Waals surface area contributed by atoms with Gasteiger partial charge in [-0.2, -0.15) is 11.8 Å². The van der Waals surface area contributed by atoms with Crippen molar-refractivity contribution in [3.8, 4) is 0 Å². The second-order valence-corrected chi connectivity index (χ2v) is 9.34. The summed E-state index contributed by atoms with van der Waals surface area (Å²) in [5.74, 6) is 1.03. The lowest BCUT2D eigenvalue weighted by atomic mass is 10.1. The highest BCUT2D eigenvalue weighted by molar-refractivity contribution is 14.0. The fourth-order valence-corrected chi connectivity index (χ4v) is 4.96. The quantitative estimate of drug-likeness (QED) is 0.191. The summed E-state index contributed by atoms with van der Waals surface area (Å²) < 4.78 is 40.3. The average molecular weight is 559 g/mol. The Bertz CT molecular complexity index is 861. The molecule has 0 unspecified atom stereocenters. The molecule has 0 radical (unpaired) electrons. The van der Waals surface area contributed by atoms with Crippen LogP contribution in [0.1, 0.15) is 11.1 Å². The van der Waals surface area contributed by atoms with Crippen LogP contribution in [0.2, 0.25) is 0 Å². The van der Waals surface area contributed by atoms with Crippen LogP contribution in [0.4, 0.5) is 4.39 Å². The van der Waals surface area contributed by atoms with Gasteiger partial charge in [0.2, 0.25) is 10.0 Å². The van der Waals surface area contributed by atoms with Crippen LogP contribution in [0.25, 0.3) is 0 Å². The van der Waals surface area contributed by atoms with Gasteiger partial charge in [0.05, 0.1) is 0 Å². The zero-order chi connectivity index (χ0) is 19.7. The van der Waals surface area contributed by atoms with E-state index in [0.717, 1.165) is 16.9 Å². The van der Waals surface area contributed by atoms with E-state index in [1.165, 1.54) is 17.4 Å². The fraction of sp³-hybridized carbons (Fsp3) is 0.353. The van der Waals surface area contributed by atoms with Gasteiger partial charge in [0.25, 0.3) is 0 Å². The monoisotopic (exact) mass is 558 g/mol. The summed E-state index contributed by atoms with van der Waals surface area (Å²) in [5, 5.41) is 7.94. The molecule has 156 valence electrons. The molecular weight excluding hydrogens is 534 g/mol. The van der Waals surface area contributed by atoms with E-state index in [2.05, 4.69) is 20.3 Å². The minimum absolute atomic E-state index is 0. The van der Waals surface area contributed by atoms with Crippen LogP contribution in [-0.4, -0.2) is 40.8 Å². The van der Waals surface area contributed by atoms with Crippen molar-refractivity contribution >= 4 is 63.1 Å². The Hall–Kier alpha value is -0.890. The molecule has 1 aromatic heterocycles. The third-order valence-corrected chi connectivity index (χ3v) is 7.07. The van der Waals surface area contributed by atoms with Gasteiger partial charge in [-0.25, -0.2) is 17.5 Å². The highest BCUT2D eigenvalue weighted by atomic mass is 127. The maximum atomic E-state index is 13.4. The molecular formula is C17H24FIN4O2S3. The summed E-state index contributed by atoms with van der Waals surface area (Å²) in [5.41, 5.74) is 1.93. The number of hydrogen-bond acceptors (Lipinski definition) is 5. The maximum absolute atomic E-state index is 13.4. The summed E-state index contributed by atoms with van der Waals surface area (Å²) in [6.45, 7) is 1.11. The first-order valence-corrected chi connectivity index (χ1v) is 12.0. The molecule has 2 aromatic rings. The summed E-state index contributed by atoms with van der Waals surface area (Å²) in [6.07, 6.45) is 1.97. The zero-order valence-electron chi connectivity index (χ0n) is 15.6.